The molecule has 2 saturated heterocycles. The van der Waals surface area contributed by atoms with Crippen LogP contribution in [0.2, 0.25) is 0 Å². The van der Waals surface area contributed by atoms with Crippen molar-refractivity contribution in [2.24, 2.45) is 0 Å². The maximum absolute atomic E-state index is 11.0. The van der Waals surface area contributed by atoms with Crippen molar-refractivity contribution < 1.29 is 29.7 Å². The third-order valence-electron chi connectivity index (χ3n) is 6.05. The van der Waals surface area contributed by atoms with E-state index in [1.54, 1.807) is 12.1 Å². The number of aromatic nitrogens is 3. The van der Waals surface area contributed by atoms with Gasteiger partial charge in [-0.3, -0.25) is 10.1 Å². The van der Waals surface area contributed by atoms with Gasteiger partial charge in [0.2, 0.25) is 17.8 Å². The Morgan fingerprint density at radius 2 is 1.75 bits per heavy atom. The van der Waals surface area contributed by atoms with Crippen LogP contribution < -0.4 is 20.9 Å². The highest BCUT2D eigenvalue weighted by Crippen LogP contribution is 2.29. The van der Waals surface area contributed by atoms with Crippen LogP contribution in [0.1, 0.15) is 11.7 Å². The fourth-order valence-electron chi connectivity index (χ4n) is 3.89. The lowest BCUT2D eigenvalue weighted by molar-refractivity contribution is -0.384. The highest BCUT2D eigenvalue weighted by atomic mass is 16.7. The largest absolute Gasteiger partial charge is 0.394 e. The van der Waals surface area contributed by atoms with Crippen molar-refractivity contribution in [1.82, 2.24) is 20.3 Å². The molecule has 0 bridgehead atoms. The molecular formula is C21H30N8O7. The molecule has 2 atom stereocenters. The van der Waals surface area contributed by atoms with Gasteiger partial charge in [0.1, 0.15) is 18.4 Å². The smallest absolute Gasteiger partial charge is 0.269 e. The van der Waals surface area contributed by atoms with E-state index in [1.807, 2.05) is 4.90 Å². The number of aliphatic hydroxyl groups excluding tert-OH is 3. The molecule has 6 N–H and O–H groups in total. The van der Waals surface area contributed by atoms with Crippen molar-refractivity contribution in [2.45, 2.75) is 17.7 Å². The molecule has 196 valence electrons. The van der Waals surface area contributed by atoms with E-state index in [0.717, 1.165) is 18.7 Å². The second-order valence-corrected chi connectivity index (χ2v) is 8.57. The van der Waals surface area contributed by atoms with Gasteiger partial charge in [-0.2, -0.15) is 15.0 Å². The molecule has 0 spiro atoms. The predicted octanol–water partition coefficient (Wildman–Crippen LogP) is -1.16. The predicted molar refractivity (Wildman–Crippen MR) is 128 cm³/mol. The van der Waals surface area contributed by atoms with Gasteiger partial charge in [-0.25, -0.2) is 0 Å². The number of nitrogens with one attached hydrogen (secondary N) is 3. The SMILES string of the molecule is O=[N+]([O-])c1ccc([C@@H]2OCOC[C@@H]2Nc2nc(NC(CO)(CO)CO)nc(N3CCNCC3)n2)cc1. The molecular weight excluding hydrogens is 476 g/mol. The standard InChI is InChI=1S/C21H30N8O7/c30-10-21(11-31,12-32)27-19-24-18(25-20(26-19)28-7-5-22-6-8-28)23-16-9-35-13-36-17(16)14-1-3-15(4-2-14)29(33)34/h1-4,16-17,22,30-32H,5-13H2,(H2,23,24,25,26,27)/t16-,17-/m0/s1. The van der Waals surface area contributed by atoms with E-state index in [9.17, 15) is 25.4 Å². The van der Waals surface area contributed by atoms with E-state index in [-0.39, 0.29) is 31.0 Å². The van der Waals surface area contributed by atoms with Gasteiger partial charge in [0.15, 0.2) is 0 Å². The maximum atomic E-state index is 11.0. The van der Waals surface area contributed by atoms with Crippen LogP contribution >= 0.6 is 0 Å². The van der Waals surface area contributed by atoms with Crippen LogP contribution in [0.4, 0.5) is 23.5 Å². The van der Waals surface area contributed by atoms with Crippen molar-refractivity contribution in [3.63, 3.8) is 0 Å². The summed E-state index contributed by atoms with van der Waals surface area (Å²) in [5, 5.41) is 49.5. The normalized spacial score (nSPS) is 20.7. The average molecular weight is 507 g/mol. The summed E-state index contributed by atoms with van der Waals surface area (Å²) in [6.45, 7) is 1.48. The number of hydrogen-bond acceptors (Lipinski definition) is 14. The molecule has 15 nitrogen and oxygen atoms in total. The molecule has 1 aromatic heterocycles. The number of rotatable bonds is 10. The topological polar surface area (TPSA) is 200 Å². The molecule has 2 fully saturated rings. The quantitative estimate of drug-likeness (QED) is 0.166. The summed E-state index contributed by atoms with van der Waals surface area (Å²) in [5.74, 6) is 0.626. The molecule has 0 radical (unpaired) electrons. The number of nitro benzene ring substituents is 1. The van der Waals surface area contributed by atoms with Crippen LogP contribution in [-0.4, -0.2) is 106 Å². The van der Waals surface area contributed by atoms with E-state index in [4.69, 9.17) is 9.47 Å². The molecule has 2 aromatic rings. The molecule has 0 amide bonds. The Morgan fingerprint density at radius 1 is 1.08 bits per heavy atom. The number of aliphatic hydroxyl groups is 3. The summed E-state index contributed by atoms with van der Waals surface area (Å²) in [7, 11) is 0. The van der Waals surface area contributed by atoms with Crippen molar-refractivity contribution in [2.75, 3.05) is 74.9 Å². The van der Waals surface area contributed by atoms with E-state index in [2.05, 4.69) is 30.9 Å². The summed E-state index contributed by atoms with van der Waals surface area (Å²) < 4.78 is 11.3. The number of nitrogens with zero attached hydrogens (tertiary/aromatic N) is 5. The molecule has 36 heavy (non-hydrogen) atoms. The van der Waals surface area contributed by atoms with Crippen LogP contribution in [-0.2, 0) is 9.47 Å². The highest BCUT2D eigenvalue weighted by Gasteiger charge is 2.32. The number of anilines is 3. The second kappa shape index (κ2) is 11.7. The van der Waals surface area contributed by atoms with E-state index in [1.165, 1.54) is 12.1 Å². The lowest BCUT2D eigenvalue weighted by atomic mass is 10.0. The summed E-state index contributed by atoms with van der Waals surface area (Å²) >= 11 is 0. The molecule has 15 heteroatoms. The highest BCUT2D eigenvalue weighted by molar-refractivity contribution is 5.46. The zero-order valence-electron chi connectivity index (χ0n) is 19.5. The molecule has 0 saturated carbocycles. The first-order valence-electron chi connectivity index (χ1n) is 11.5. The Morgan fingerprint density at radius 3 is 2.39 bits per heavy atom. The van der Waals surface area contributed by atoms with Crippen molar-refractivity contribution >= 4 is 23.5 Å². The lowest BCUT2D eigenvalue weighted by Gasteiger charge is -2.33. The minimum atomic E-state index is -1.43. The molecule has 4 rings (SSSR count). The Balaban J connectivity index is 1.62. The molecule has 3 heterocycles. The van der Waals surface area contributed by atoms with Gasteiger partial charge in [0, 0.05) is 38.3 Å². The number of hydrogen-bond donors (Lipinski definition) is 6. The first kappa shape index (κ1) is 25.9. The monoisotopic (exact) mass is 506 g/mol. The summed E-state index contributed by atoms with van der Waals surface area (Å²) in [4.78, 5) is 25.9. The number of benzene rings is 1. The number of piperazine rings is 1. The molecule has 0 aliphatic carbocycles. The Bertz CT molecular complexity index is 1010. The van der Waals surface area contributed by atoms with Gasteiger partial charge in [-0.1, -0.05) is 0 Å². The molecule has 2 aliphatic heterocycles. The van der Waals surface area contributed by atoms with Gasteiger partial charge >= 0.3 is 0 Å². The van der Waals surface area contributed by atoms with Gasteiger partial charge in [0.05, 0.1) is 37.4 Å². The van der Waals surface area contributed by atoms with Gasteiger partial charge in [0.25, 0.3) is 5.69 Å². The van der Waals surface area contributed by atoms with Gasteiger partial charge in [-0.05, 0) is 17.7 Å². The number of non-ortho nitro benzene ring substituents is 1. The fourth-order valence-corrected chi connectivity index (χ4v) is 3.89. The Hall–Kier alpha value is -3.21. The average Bonchev–Trinajstić information content (AvgIpc) is 2.92. The van der Waals surface area contributed by atoms with E-state index >= 15 is 0 Å². The Labute approximate surface area is 206 Å². The van der Waals surface area contributed by atoms with Crippen LogP contribution in [0.5, 0.6) is 0 Å². The summed E-state index contributed by atoms with van der Waals surface area (Å²) in [6.07, 6.45) is -0.498. The summed E-state index contributed by atoms with van der Waals surface area (Å²) in [6, 6.07) is 5.65. The van der Waals surface area contributed by atoms with Crippen molar-refractivity contribution in [3.8, 4) is 0 Å². The number of ether oxygens (including phenoxy) is 2. The summed E-state index contributed by atoms with van der Waals surface area (Å²) in [5.41, 5.74) is -0.738. The minimum Gasteiger partial charge on any atom is -0.394 e. The fraction of sp³-hybridized carbons (Fsp3) is 0.571. The third-order valence-corrected chi connectivity index (χ3v) is 6.05. The first-order valence-corrected chi connectivity index (χ1v) is 11.5. The van der Waals surface area contributed by atoms with Crippen molar-refractivity contribution in [3.05, 3.63) is 39.9 Å². The molecule has 2 aliphatic rings. The number of nitro groups is 1. The van der Waals surface area contributed by atoms with E-state index in [0.29, 0.717) is 19.0 Å². The lowest BCUT2D eigenvalue weighted by Crippen LogP contribution is -2.50. The second-order valence-electron chi connectivity index (χ2n) is 8.57. The minimum absolute atomic E-state index is 0.0238. The van der Waals surface area contributed by atoms with Crippen LogP contribution in [0.25, 0.3) is 0 Å². The van der Waals surface area contributed by atoms with Gasteiger partial charge < -0.3 is 45.6 Å². The van der Waals surface area contributed by atoms with Gasteiger partial charge in [-0.15, -0.1) is 0 Å². The van der Waals surface area contributed by atoms with Crippen LogP contribution in [0.15, 0.2) is 24.3 Å². The van der Waals surface area contributed by atoms with Crippen LogP contribution in [0, 0.1) is 10.1 Å². The maximum Gasteiger partial charge on any atom is 0.269 e. The van der Waals surface area contributed by atoms with Crippen molar-refractivity contribution in [1.29, 1.82) is 0 Å². The Kier molecular flexibility index (Phi) is 8.40. The first-order chi connectivity index (χ1) is 17.5. The third kappa shape index (κ3) is 5.95. The zero-order chi connectivity index (χ0) is 25.5. The molecule has 0 unspecified atom stereocenters. The van der Waals surface area contributed by atoms with E-state index < -0.39 is 42.4 Å². The molecule has 1 aromatic carbocycles. The van der Waals surface area contributed by atoms with Crippen LogP contribution in [0.3, 0.4) is 0 Å². The zero-order valence-corrected chi connectivity index (χ0v) is 19.5.